The van der Waals surface area contributed by atoms with Gasteiger partial charge in [-0.2, -0.15) is 0 Å². The molecule has 124 valence electrons. The van der Waals surface area contributed by atoms with Crippen LogP contribution in [0.4, 0.5) is 4.79 Å². The number of nitrogens with one attached hydrogen (secondary N) is 1. The van der Waals surface area contributed by atoms with Gasteiger partial charge in [0.15, 0.2) is 0 Å². The minimum absolute atomic E-state index is 0.191. The first-order chi connectivity index (χ1) is 11.6. The number of amides is 1. The summed E-state index contributed by atoms with van der Waals surface area (Å²) in [4.78, 5) is 10.4. The van der Waals surface area contributed by atoms with Crippen LogP contribution in [0.5, 0.6) is 5.75 Å². The fourth-order valence-corrected chi connectivity index (χ4v) is 2.15. The van der Waals surface area contributed by atoms with Gasteiger partial charge in [-0.05, 0) is 42.3 Å². The number of benzene rings is 2. The molecule has 0 radical (unpaired) electrons. The summed E-state index contributed by atoms with van der Waals surface area (Å²) in [5.74, 6) is 6.86. The maximum atomic E-state index is 10.4. The molecule has 0 heterocycles. The Morgan fingerprint density at radius 3 is 2.50 bits per heavy atom. The summed E-state index contributed by atoms with van der Waals surface area (Å²) in [7, 11) is 1.61. The molecular formula is C19H19NO4. The minimum Gasteiger partial charge on any atom is -0.497 e. The smallest absolute Gasteiger partial charge is 0.404 e. The van der Waals surface area contributed by atoms with Crippen LogP contribution >= 0.6 is 0 Å². The van der Waals surface area contributed by atoms with Crippen molar-refractivity contribution in [3.05, 3.63) is 65.2 Å². The van der Waals surface area contributed by atoms with Gasteiger partial charge < -0.3 is 20.3 Å². The van der Waals surface area contributed by atoms with Crippen LogP contribution in [-0.2, 0) is 0 Å². The van der Waals surface area contributed by atoms with Crippen LogP contribution in [0.25, 0.3) is 0 Å². The summed E-state index contributed by atoms with van der Waals surface area (Å²) in [6.07, 6.45) is -1.53. The molecule has 2 aromatic rings. The fourth-order valence-electron chi connectivity index (χ4n) is 2.15. The van der Waals surface area contributed by atoms with Gasteiger partial charge in [-0.15, -0.1) is 0 Å². The summed E-state index contributed by atoms with van der Waals surface area (Å²) in [5.41, 5.74) is 2.33. The second-order valence-electron chi connectivity index (χ2n) is 5.14. The quantitative estimate of drug-likeness (QED) is 0.739. The molecule has 3 N–H and O–H groups in total. The Kier molecular flexibility index (Phi) is 6.23. The average molecular weight is 325 g/mol. The van der Waals surface area contributed by atoms with Crippen molar-refractivity contribution in [2.24, 2.45) is 0 Å². The molecule has 1 amide bonds. The summed E-state index contributed by atoms with van der Waals surface area (Å²) < 4.78 is 5.16. The number of ether oxygens (including phenoxy) is 1. The van der Waals surface area contributed by atoms with Crippen LogP contribution in [0.15, 0.2) is 48.5 Å². The molecule has 0 fully saturated rings. The van der Waals surface area contributed by atoms with Gasteiger partial charge in [0.05, 0.1) is 13.2 Å². The third-order valence-corrected chi connectivity index (χ3v) is 3.39. The average Bonchev–Trinajstić information content (AvgIpc) is 2.60. The Hall–Kier alpha value is -2.97. The highest BCUT2D eigenvalue weighted by molar-refractivity contribution is 5.64. The van der Waals surface area contributed by atoms with Crippen LogP contribution in [0, 0.1) is 11.8 Å². The number of aliphatic hydroxyl groups excluding tert-OH is 1. The molecule has 0 aromatic heterocycles. The molecule has 1 unspecified atom stereocenters. The molecule has 5 heteroatoms. The van der Waals surface area contributed by atoms with Crippen LogP contribution in [0.3, 0.4) is 0 Å². The molecule has 2 rings (SSSR count). The van der Waals surface area contributed by atoms with E-state index in [0.717, 1.165) is 16.9 Å². The van der Waals surface area contributed by atoms with Crippen molar-refractivity contribution in [1.82, 2.24) is 5.32 Å². The Morgan fingerprint density at radius 2 is 1.83 bits per heavy atom. The highest BCUT2D eigenvalue weighted by Gasteiger charge is 2.08. The first-order valence-electron chi connectivity index (χ1n) is 7.49. The first-order valence-corrected chi connectivity index (χ1v) is 7.49. The van der Waals surface area contributed by atoms with Crippen molar-refractivity contribution in [2.75, 3.05) is 13.7 Å². The van der Waals surface area contributed by atoms with Gasteiger partial charge in [0.2, 0.25) is 0 Å². The Labute approximate surface area is 140 Å². The Bertz CT molecular complexity index is 761. The second-order valence-corrected chi connectivity index (χ2v) is 5.14. The van der Waals surface area contributed by atoms with E-state index in [1.54, 1.807) is 19.2 Å². The SMILES string of the molecule is COc1cccc(C#Cc2cccc(C(O)CCNC(=O)O)c2)c1. The normalized spacial score (nSPS) is 11.1. The van der Waals surface area contributed by atoms with E-state index in [-0.39, 0.29) is 6.54 Å². The van der Waals surface area contributed by atoms with Gasteiger partial charge in [-0.25, -0.2) is 4.79 Å². The fraction of sp³-hybridized carbons (Fsp3) is 0.211. The number of hydrogen-bond donors (Lipinski definition) is 3. The van der Waals surface area contributed by atoms with Crippen molar-refractivity contribution < 1.29 is 19.7 Å². The zero-order chi connectivity index (χ0) is 17.4. The maximum Gasteiger partial charge on any atom is 0.404 e. The third-order valence-electron chi connectivity index (χ3n) is 3.39. The lowest BCUT2D eigenvalue weighted by molar-refractivity contribution is 0.162. The molecular weight excluding hydrogens is 306 g/mol. The number of carbonyl (C=O) groups is 1. The molecule has 5 nitrogen and oxygen atoms in total. The number of carboxylic acid groups (broad SMARTS) is 1. The highest BCUT2D eigenvalue weighted by Crippen LogP contribution is 2.17. The number of aliphatic hydroxyl groups is 1. The number of methoxy groups -OCH3 is 1. The maximum absolute atomic E-state index is 10.4. The number of rotatable bonds is 5. The third kappa shape index (κ3) is 5.34. The topological polar surface area (TPSA) is 78.8 Å². The van der Waals surface area contributed by atoms with Crippen LogP contribution in [-0.4, -0.2) is 30.0 Å². The molecule has 0 aliphatic heterocycles. The Morgan fingerprint density at radius 1 is 1.17 bits per heavy atom. The van der Waals surface area contributed by atoms with Gasteiger partial charge in [0.1, 0.15) is 5.75 Å². The van der Waals surface area contributed by atoms with Crippen LogP contribution in [0.1, 0.15) is 29.2 Å². The van der Waals surface area contributed by atoms with E-state index < -0.39 is 12.2 Å². The van der Waals surface area contributed by atoms with Crippen molar-refractivity contribution in [3.63, 3.8) is 0 Å². The zero-order valence-electron chi connectivity index (χ0n) is 13.3. The molecule has 24 heavy (non-hydrogen) atoms. The van der Waals surface area contributed by atoms with Crippen LogP contribution in [0.2, 0.25) is 0 Å². The molecule has 0 saturated heterocycles. The summed E-state index contributed by atoms with van der Waals surface area (Å²) >= 11 is 0. The standard InChI is InChI=1S/C19H19NO4/c1-24-17-7-3-5-15(13-17)9-8-14-4-2-6-16(12-14)18(21)10-11-20-19(22)23/h2-7,12-13,18,20-21H,10-11H2,1H3,(H,22,23). The van der Waals surface area contributed by atoms with E-state index in [2.05, 4.69) is 17.2 Å². The van der Waals surface area contributed by atoms with E-state index in [9.17, 15) is 9.90 Å². The molecule has 0 bridgehead atoms. The molecule has 1 atom stereocenters. The lowest BCUT2D eigenvalue weighted by Crippen LogP contribution is -2.23. The molecule has 0 aliphatic rings. The van der Waals surface area contributed by atoms with Gasteiger partial charge in [0.25, 0.3) is 0 Å². The predicted molar refractivity (Wildman–Crippen MR) is 91.0 cm³/mol. The van der Waals surface area contributed by atoms with Gasteiger partial charge >= 0.3 is 6.09 Å². The zero-order valence-corrected chi connectivity index (χ0v) is 13.3. The van der Waals surface area contributed by atoms with Gasteiger partial charge in [-0.1, -0.05) is 30.0 Å². The molecule has 0 spiro atoms. The molecule has 0 aliphatic carbocycles. The largest absolute Gasteiger partial charge is 0.497 e. The van der Waals surface area contributed by atoms with Gasteiger partial charge in [-0.3, -0.25) is 0 Å². The molecule has 0 saturated carbocycles. The van der Waals surface area contributed by atoms with Crippen molar-refractivity contribution in [2.45, 2.75) is 12.5 Å². The van der Waals surface area contributed by atoms with E-state index in [4.69, 9.17) is 9.84 Å². The Balaban J connectivity index is 2.07. The monoisotopic (exact) mass is 325 g/mol. The molecule has 2 aromatic carbocycles. The van der Waals surface area contributed by atoms with Crippen molar-refractivity contribution >= 4 is 6.09 Å². The van der Waals surface area contributed by atoms with Crippen molar-refractivity contribution in [1.29, 1.82) is 0 Å². The second kappa shape index (κ2) is 8.61. The van der Waals surface area contributed by atoms with E-state index in [1.165, 1.54) is 0 Å². The summed E-state index contributed by atoms with van der Waals surface area (Å²) in [6.45, 7) is 0.191. The summed E-state index contributed by atoms with van der Waals surface area (Å²) in [5, 5.41) is 20.9. The summed E-state index contributed by atoms with van der Waals surface area (Å²) in [6, 6.07) is 14.7. The minimum atomic E-state index is -1.10. The van der Waals surface area contributed by atoms with Gasteiger partial charge in [0, 0.05) is 17.7 Å². The van der Waals surface area contributed by atoms with Crippen molar-refractivity contribution in [3.8, 4) is 17.6 Å². The lowest BCUT2D eigenvalue weighted by atomic mass is 10.0. The van der Waals surface area contributed by atoms with E-state index >= 15 is 0 Å². The van der Waals surface area contributed by atoms with E-state index in [1.807, 2.05) is 36.4 Å². The lowest BCUT2D eigenvalue weighted by Gasteiger charge is -2.11. The number of hydrogen-bond acceptors (Lipinski definition) is 3. The predicted octanol–water partition coefficient (Wildman–Crippen LogP) is 2.79. The first kappa shape index (κ1) is 17.4. The van der Waals surface area contributed by atoms with Crippen LogP contribution < -0.4 is 10.1 Å². The van der Waals surface area contributed by atoms with E-state index in [0.29, 0.717) is 12.0 Å². The highest BCUT2D eigenvalue weighted by atomic mass is 16.5.